The summed E-state index contributed by atoms with van der Waals surface area (Å²) in [6.07, 6.45) is 0.769. The van der Waals surface area contributed by atoms with E-state index in [2.05, 4.69) is 15.9 Å². The predicted octanol–water partition coefficient (Wildman–Crippen LogP) is 1.56. The summed E-state index contributed by atoms with van der Waals surface area (Å²) in [4.78, 5) is 22.1. The summed E-state index contributed by atoms with van der Waals surface area (Å²) < 4.78 is 4.89. The highest BCUT2D eigenvalue weighted by molar-refractivity contribution is 9.09. The third-order valence-electron chi connectivity index (χ3n) is 1.97. The van der Waals surface area contributed by atoms with Crippen LogP contribution >= 0.6 is 15.9 Å². The van der Waals surface area contributed by atoms with Crippen LogP contribution in [-0.4, -0.2) is 24.2 Å². The van der Waals surface area contributed by atoms with Gasteiger partial charge in [0.25, 0.3) is 0 Å². The highest BCUT2D eigenvalue weighted by Crippen LogP contribution is 2.12. The van der Waals surface area contributed by atoms with Crippen molar-refractivity contribution in [2.24, 2.45) is 0 Å². The largest absolute Gasteiger partial charge is 0.465 e. The van der Waals surface area contributed by atoms with Gasteiger partial charge >= 0.3 is 5.97 Å². The molecule has 86 valence electrons. The first-order chi connectivity index (χ1) is 7.67. The summed E-state index contributed by atoms with van der Waals surface area (Å²) in [5.74, 6) is -0.354. The van der Waals surface area contributed by atoms with Crippen LogP contribution in [0.1, 0.15) is 15.9 Å². The zero-order valence-electron chi connectivity index (χ0n) is 8.61. The van der Waals surface area contributed by atoms with Gasteiger partial charge in [-0.1, -0.05) is 22.0 Å². The Morgan fingerprint density at radius 3 is 2.88 bits per heavy atom. The Labute approximate surface area is 102 Å². The summed E-state index contributed by atoms with van der Waals surface area (Å²) in [6.45, 7) is 0.324. The fourth-order valence-corrected chi connectivity index (χ4v) is 1.40. The third-order valence-corrected chi connectivity index (χ3v) is 2.30. The van der Waals surface area contributed by atoms with E-state index in [1.807, 2.05) is 0 Å². The van der Waals surface area contributed by atoms with Gasteiger partial charge in [0.1, 0.15) is 12.9 Å². The number of alkyl halides is 1. The normalized spacial score (nSPS) is 9.81. The molecule has 0 atom stereocenters. The summed E-state index contributed by atoms with van der Waals surface area (Å²) in [5, 5.41) is 0.598. The molecule has 0 aliphatic heterocycles. The molecule has 0 heterocycles. The number of ether oxygens (including phenoxy) is 1. The van der Waals surface area contributed by atoms with Crippen LogP contribution < -0.4 is 5.73 Å². The van der Waals surface area contributed by atoms with Gasteiger partial charge in [0.15, 0.2) is 0 Å². The van der Waals surface area contributed by atoms with Crippen molar-refractivity contribution in [1.82, 2.24) is 0 Å². The second-order valence-corrected chi connectivity index (χ2v) is 3.96. The van der Waals surface area contributed by atoms with Crippen molar-refractivity contribution in [1.29, 1.82) is 0 Å². The van der Waals surface area contributed by atoms with Crippen molar-refractivity contribution >= 4 is 33.9 Å². The molecule has 0 spiro atoms. The first kappa shape index (κ1) is 12.7. The Kier molecular flexibility index (Phi) is 4.98. The molecule has 1 rings (SSSR count). The fourth-order valence-electron chi connectivity index (χ4n) is 1.24. The molecule has 0 saturated carbocycles. The molecule has 0 aromatic heterocycles. The lowest BCUT2D eigenvalue weighted by Gasteiger charge is -2.05. The van der Waals surface area contributed by atoms with E-state index in [0.29, 0.717) is 35.0 Å². The van der Waals surface area contributed by atoms with Crippen molar-refractivity contribution < 1.29 is 14.3 Å². The van der Waals surface area contributed by atoms with E-state index in [-0.39, 0.29) is 12.4 Å². The summed E-state index contributed by atoms with van der Waals surface area (Å²) in [5.41, 5.74) is 7.09. The third kappa shape index (κ3) is 3.66. The molecule has 0 radical (unpaired) electrons. The molecular weight excluding hydrogens is 274 g/mol. The van der Waals surface area contributed by atoms with Crippen LogP contribution in [-0.2, 0) is 16.0 Å². The van der Waals surface area contributed by atoms with Gasteiger partial charge in [-0.25, -0.2) is 0 Å². The molecule has 2 N–H and O–H groups in total. The molecule has 5 heteroatoms. The minimum absolute atomic E-state index is 0.0847. The maximum absolute atomic E-state index is 11.3. The number of aldehydes is 1. The van der Waals surface area contributed by atoms with E-state index in [1.165, 1.54) is 0 Å². The maximum atomic E-state index is 11.3. The van der Waals surface area contributed by atoms with Crippen molar-refractivity contribution in [3.8, 4) is 0 Å². The molecule has 0 saturated heterocycles. The number of esters is 1. The average molecular weight is 286 g/mol. The standard InChI is InChI=1S/C11H12BrNO3/c12-3-4-16-11(15)6-8-1-2-10(13)5-9(8)7-14/h1-2,5,7H,3-4,6,13H2. The van der Waals surface area contributed by atoms with Crippen LogP contribution in [0.4, 0.5) is 5.69 Å². The quantitative estimate of drug-likeness (QED) is 0.386. The van der Waals surface area contributed by atoms with Gasteiger partial charge in [-0.15, -0.1) is 0 Å². The fraction of sp³-hybridized carbons (Fsp3) is 0.273. The lowest BCUT2D eigenvalue weighted by atomic mass is 10.0. The van der Waals surface area contributed by atoms with Gasteiger partial charge in [0.05, 0.1) is 6.42 Å². The van der Waals surface area contributed by atoms with E-state index < -0.39 is 0 Å². The Morgan fingerprint density at radius 2 is 2.25 bits per heavy atom. The number of rotatable bonds is 5. The van der Waals surface area contributed by atoms with E-state index >= 15 is 0 Å². The molecule has 0 bridgehead atoms. The van der Waals surface area contributed by atoms with Gasteiger partial charge < -0.3 is 10.5 Å². The number of anilines is 1. The van der Waals surface area contributed by atoms with Crippen LogP contribution in [0.15, 0.2) is 18.2 Å². The number of nitrogens with two attached hydrogens (primary N) is 1. The van der Waals surface area contributed by atoms with E-state index in [4.69, 9.17) is 10.5 Å². The highest BCUT2D eigenvalue weighted by Gasteiger charge is 2.08. The van der Waals surface area contributed by atoms with Gasteiger partial charge in [-0.2, -0.15) is 0 Å². The van der Waals surface area contributed by atoms with Crippen LogP contribution in [0, 0.1) is 0 Å². The SMILES string of the molecule is Nc1ccc(CC(=O)OCCBr)c(C=O)c1. The summed E-state index contributed by atoms with van der Waals surface area (Å²) >= 11 is 3.15. The van der Waals surface area contributed by atoms with Crippen molar-refractivity contribution in [3.05, 3.63) is 29.3 Å². The molecule has 4 nitrogen and oxygen atoms in total. The zero-order valence-corrected chi connectivity index (χ0v) is 10.2. The Bertz CT molecular complexity index is 393. The lowest BCUT2D eigenvalue weighted by Crippen LogP contribution is -2.11. The second kappa shape index (κ2) is 6.27. The minimum atomic E-state index is -0.354. The summed E-state index contributed by atoms with van der Waals surface area (Å²) in [7, 11) is 0. The minimum Gasteiger partial charge on any atom is -0.465 e. The van der Waals surface area contributed by atoms with E-state index in [9.17, 15) is 9.59 Å². The van der Waals surface area contributed by atoms with Gasteiger partial charge in [-0.3, -0.25) is 9.59 Å². The Morgan fingerprint density at radius 1 is 1.50 bits per heavy atom. The lowest BCUT2D eigenvalue weighted by molar-refractivity contribution is -0.142. The molecule has 0 aliphatic carbocycles. The molecule has 0 amide bonds. The maximum Gasteiger partial charge on any atom is 0.310 e. The Balaban J connectivity index is 2.72. The van der Waals surface area contributed by atoms with Crippen LogP contribution in [0.5, 0.6) is 0 Å². The molecule has 1 aromatic rings. The monoisotopic (exact) mass is 285 g/mol. The molecule has 0 aliphatic rings. The number of carbonyl (C=O) groups excluding carboxylic acids is 2. The summed E-state index contributed by atoms with van der Waals surface area (Å²) in [6, 6.07) is 4.86. The van der Waals surface area contributed by atoms with Crippen LogP contribution in [0.25, 0.3) is 0 Å². The molecular formula is C11H12BrNO3. The van der Waals surface area contributed by atoms with Gasteiger partial charge in [0.2, 0.25) is 0 Å². The van der Waals surface area contributed by atoms with Gasteiger partial charge in [0, 0.05) is 16.6 Å². The van der Waals surface area contributed by atoms with Crippen molar-refractivity contribution in [3.63, 3.8) is 0 Å². The molecule has 1 aromatic carbocycles. The van der Waals surface area contributed by atoms with Gasteiger partial charge in [-0.05, 0) is 17.7 Å². The van der Waals surface area contributed by atoms with Crippen molar-refractivity contribution in [2.75, 3.05) is 17.7 Å². The molecule has 0 fully saturated rings. The van der Waals surface area contributed by atoms with Crippen LogP contribution in [0.2, 0.25) is 0 Å². The number of hydrogen-bond acceptors (Lipinski definition) is 4. The Hall–Kier alpha value is -1.36. The first-order valence-corrected chi connectivity index (χ1v) is 5.84. The predicted molar refractivity (Wildman–Crippen MR) is 64.7 cm³/mol. The first-order valence-electron chi connectivity index (χ1n) is 4.72. The average Bonchev–Trinajstić information content (AvgIpc) is 2.28. The second-order valence-electron chi connectivity index (χ2n) is 3.16. The molecule has 16 heavy (non-hydrogen) atoms. The van der Waals surface area contributed by atoms with E-state index in [1.54, 1.807) is 18.2 Å². The zero-order chi connectivity index (χ0) is 12.0. The van der Waals surface area contributed by atoms with Crippen molar-refractivity contribution in [2.45, 2.75) is 6.42 Å². The smallest absolute Gasteiger partial charge is 0.310 e. The number of nitrogen functional groups attached to an aromatic ring is 1. The topological polar surface area (TPSA) is 69.4 Å². The number of halogens is 1. The highest BCUT2D eigenvalue weighted by atomic mass is 79.9. The number of benzene rings is 1. The number of hydrogen-bond donors (Lipinski definition) is 1. The molecule has 0 unspecified atom stereocenters. The number of carbonyl (C=O) groups is 2. The van der Waals surface area contributed by atoms with Crippen LogP contribution in [0.3, 0.4) is 0 Å². The van der Waals surface area contributed by atoms with E-state index in [0.717, 1.165) is 0 Å².